The van der Waals surface area contributed by atoms with Gasteiger partial charge in [-0.2, -0.15) is 5.21 Å². The van der Waals surface area contributed by atoms with Crippen LogP contribution in [0.15, 0.2) is 30.3 Å². The van der Waals surface area contributed by atoms with Crippen LogP contribution >= 0.6 is 12.2 Å². The first kappa shape index (κ1) is 13.5. The number of piperidine rings is 1. The van der Waals surface area contributed by atoms with Crippen LogP contribution in [0.4, 0.5) is 0 Å². The second kappa shape index (κ2) is 5.85. The molecule has 1 aliphatic rings. The van der Waals surface area contributed by atoms with Gasteiger partial charge in [-0.3, -0.25) is 4.90 Å². The standard InChI is InChI=1S/C14H19N5S/c1-11-9-13(19-14(20)15-16-17-19)7-8-18(11)10-12-5-3-2-4-6-12/h2-6,11,13H,7-10H2,1H3,(H,15,17,20). The molecule has 1 saturated heterocycles. The van der Waals surface area contributed by atoms with E-state index in [0.717, 1.165) is 25.9 Å². The van der Waals surface area contributed by atoms with Crippen molar-refractivity contribution in [2.24, 2.45) is 0 Å². The number of benzene rings is 1. The van der Waals surface area contributed by atoms with Crippen LogP contribution in [-0.2, 0) is 6.54 Å². The molecule has 0 amide bonds. The van der Waals surface area contributed by atoms with Gasteiger partial charge in [-0.1, -0.05) is 40.6 Å². The van der Waals surface area contributed by atoms with E-state index in [1.165, 1.54) is 5.56 Å². The third-order valence-electron chi connectivity index (χ3n) is 4.07. The van der Waals surface area contributed by atoms with E-state index in [0.29, 0.717) is 16.9 Å². The number of H-pyrrole nitrogens is 1. The average Bonchev–Trinajstić information content (AvgIpc) is 2.88. The predicted molar refractivity (Wildman–Crippen MR) is 79.8 cm³/mol. The van der Waals surface area contributed by atoms with Crippen molar-refractivity contribution in [3.05, 3.63) is 40.7 Å². The molecule has 1 fully saturated rings. The Balaban J connectivity index is 1.65. The fourth-order valence-electron chi connectivity index (χ4n) is 2.93. The Morgan fingerprint density at radius 3 is 2.80 bits per heavy atom. The minimum Gasteiger partial charge on any atom is -0.296 e. The van der Waals surface area contributed by atoms with Crippen LogP contribution in [0.1, 0.15) is 31.4 Å². The second-order valence-corrected chi connectivity index (χ2v) is 5.80. The van der Waals surface area contributed by atoms with Crippen LogP contribution in [0.25, 0.3) is 0 Å². The molecule has 0 radical (unpaired) electrons. The summed E-state index contributed by atoms with van der Waals surface area (Å²) in [5.41, 5.74) is 1.37. The minimum absolute atomic E-state index is 0.388. The van der Waals surface area contributed by atoms with Gasteiger partial charge in [0.15, 0.2) is 0 Å². The summed E-state index contributed by atoms with van der Waals surface area (Å²) < 4.78 is 2.48. The van der Waals surface area contributed by atoms with Gasteiger partial charge in [0, 0.05) is 19.1 Å². The molecular formula is C14H19N5S. The third kappa shape index (κ3) is 2.81. The molecular weight excluding hydrogens is 270 g/mol. The van der Waals surface area contributed by atoms with Crippen LogP contribution in [0.2, 0.25) is 0 Å². The Morgan fingerprint density at radius 2 is 2.15 bits per heavy atom. The molecule has 1 N–H and O–H groups in total. The number of likely N-dealkylation sites (tertiary alicyclic amines) is 1. The number of tetrazole rings is 1. The summed E-state index contributed by atoms with van der Waals surface area (Å²) in [7, 11) is 0. The zero-order valence-electron chi connectivity index (χ0n) is 11.6. The van der Waals surface area contributed by atoms with Gasteiger partial charge in [-0.25, -0.2) is 4.68 Å². The van der Waals surface area contributed by atoms with E-state index in [1.54, 1.807) is 0 Å². The molecule has 0 aliphatic carbocycles. The summed E-state index contributed by atoms with van der Waals surface area (Å²) in [6, 6.07) is 11.6. The number of nitrogens with zero attached hydrogens (tertiary/aromatic N) is 4. The van der Waals surface area contributed by atoms with E-state index in [2.05, 4.69) is 57.7 Å². The maximum atomic E-state index is 5.18. The second-order valence-electron chi connectivity index (χ2n) is 5.44. The average molecular weight is 289 g/mol. The van der Waals surface area contributed by atoms with Crippen molar-refractivity contribution in [2.45, 2.75) is 38.4 Å². The summed E-state index contributed by atoms with van der Waals surface area (Å²) >= 11 is 5.18. The van der Waals surface area contributed by atoms with Crippen molar-refractivity contribution < 1.29 is 0 Å². The molecule has 1 aromatic heterocycles. The number of aromatic amines is 1. The highest BCUT2D eigenvalue weighted by molar-refractivity contribution is 7.71. The highest BCUT2D eigenvalue weighted by atomic mass is 32.1. The molecule has 106 valence electrons. The van der Waals surface area contributed by atoms with Gasteiger partial charge in [0.1, 0.15) is 0 Å². The molecule has 5 nitrogen and oxygen atoms in total. The monoisotopic (exact) mass is 289 g/mol. The maximum Gasteiger partial charge on any atom is 0.238 e. The molecule has 3 rings (SSSR count). The predicted octanol–water partition coefficient (Wildman–Crippen LogP) is 2.56. The van der Waals surface area contributed by atoms with Crippen molar-refractivity contribution in [1.82, 2.24) is 25.1 Å². The van der Waals surface area contributed by atoms with E-state index in [4.69, 9.17) is 12.2 Å². The topological polar surface area (TPSA) is 49.7 Å². The molecule has 1 aliphatic heterocycles. The number of rotatable bonds is 3. The van der Waals surface area contributed by atoms with E-state index in [-0.39, 0.29) is 0 Å². The Hall–Kier alpha value is -1.53. The van der Waals surface area contributed by atoms with Gasteiger partial charge in [-0.05, 0) is 37.5 Å². The Bertz CT molecular complexity index is 605. The Morgan fingerprint density at radius 1 is 1.35 bits per heavy atom. The molecule has 6 heteroatoms. The van der Waals surface area contributed by atoms with Gasteiger partial charge >= 0.3 is 0 Å². The van der Waals surface area contributed by atoms with Crippen molar-refractivity contribution in [2.75, 3.05) is 6.54 Å². The molecule has 1 aromatic carbocycles. The van der Waals surface area contributed by atoms with Gasteiger partial charge < -0.3 is 0 Å². The fourth-order valence-corrected chi connectivity index (χ4v) is 3.16. The minimum atomic E-state index is 0.388. The maximum absolute atomic E-state index is 5.18. The van der Waals surface area contributed by atoms with Crippen molar-refractivity contribution in [3.63, 3.8) is 0 Å². The normalized spacial score (nSPS) is 23.9. The molecule has 2 heterocycles. The van der Waals surface area contributed by atoms with Gasteiger partial charge in [-0.15, -0.1) is 0 Å². The van der Waals surface area contributed by atoms with Crippen LogP contribution in [0.5, 0.6) is 0 Å². The van der Waals surface area contributed by atoms with E-state index >= 15 is 0 Å². The van der Waals surface area contributed by atoms with Gasteiger partial charge in [0.25, 0.3) is 0 Å². The van der Waals surface area contributed by atoms with Crippen molar-refractivity contribution in [1.29, 1.82) is 0 Å². The first-order chi connectivity index (χ1) is 9.74. The number of aromatic nitrogens is 4. The summed E-state index contributed by atoms with van der Waals surface area (Å²) in [4.78, 5) is 2.53. The highest BCUT2D eigenvalue weighted by Crippen LogP contribution is 2.27. The zero-order chi connectivity index (χ0) is 13.9. The lowest BCUT2D eigenvalue weighted by Crippen LogP contribution is -2.41. The number of hydrogen-bond donors (Lipinski definition) is 1. The summed E-state index contributed by atoms with van der Waals surface area (Å²) in [6.07, 6.45) is 2.15. The SMILES string of the molecule is CC1CC(n2[nH]nnc2=S)CCN1Cc1ccccc1. The van der Waals surface area contributed by atoms with E-state index in [1.807, 2.05) is 4.68 Å². The lowest BCUT2D eigenvalue weighted by atomic mass is 9.98. The molecule has 0 bridgehead atoms. The summed E-state index contributed by atoms with van der Waals surface area (Å²) in [6.45, 7) is 4.37. The molecule has 2 atom stereocenters. The summed E-state index contributed by atoms with van der Waals surface area (Å²) in [5, 5.41) is 10.5. The van der Waals surface area contributed by atoms with Crippen molar-refractivity contribution >= 4 is 12.2 Å². The Kier molecular flexibility index (Phi) is 3.93. The lowest BCUT2D eigenvalue weighted by molar-refractivity contribution is 0.113. The number of hydrogen-bond acceptors (Lipinski definition) is 4. The summed E-state index contributed by atoms with van der Waals surface area (Å²) in [5.74, 6) is 0. The lowest BCUT2D eigenvalue weighted by Gasteiger charge is -2.37. The van der Waals surface area contributed by atoms with Crippen LogP contribution in [0.3, 0.4) is 0 Å². The smallest absolute Gasteiger partial charge is 0.238 e. The van der Waals surface area contributed by atoms with Gasteiger partial charge in [0.05, 0.1) is 6.04 Å². The first-order valence-corrected chi connectivity index (χ1v) is 7.42. The molecule has 2 unspecified atom stereocenters. The quantitative estimate of drug-likeness (QED) is 0.882. The Labute approximate surface area is 123 Å². The van der Waals surface area contributed by atoms with E-state index in [9.17, 15) is 0 Å². The fraction of sp³-hybridized carbons (Fsp3) is 0.500. The van der Waals surface area contributed by atoms with Crippen molar-refractivity contribution in [3.8, 4) is 0 Å². The van der Waals surface area contributed by atoms with Crippen LogP contribution in [-0.4, -0.2) is 37.7 Å². The zero-order valence-corrected chi connectivity index (χ0v) is 12.4. The number of nitrogens with one attached hydrogen (secondary N) is 1. The molecule has 20 heavy (non-hydrogen) atoms. The van der Waals surface area contributed by atoms with Crippen LogP contribution < -0.4 is 0 Å². The van der Waals surface area contributed by atoms with Gasteiger partial charge in [0.2, 0.25) is 4.77 Å². The van der Waals surface area contributed by atoms with E-state index < -0.39 is 0 Å². The highest BCUT2D eigenvalue weighted by Gasteiger charge is 2.27. The van der Waals surface area contributed by atoms with Crippen LogP contribution in [0, 0.1) is 4.77 Å². The molecule has 0 saturated carbocycles. The molecule has 0 spiro atoms. The third-order valence-corrected chi connectivity index (χ3v) is 4.35. The molecule has 2 aromatic rings. The first-order valence-electron chi connectivity index (χ1n) is 7.01. The largest absolute Gasteiger partial charge is 0.296 e.